The largest absolute Gasteiger partial charge is 0.484 e. The zero-order valence-corrected chi connectivity index (χ0v) is 22.1. The normalized spacial score (nSPS) is 11.7. The van der Waals surface area contributed by atoms with Gasteiger partial charge >= 0.3 is 0 Å². The zero-order valence-electron chi connectivity index (χ0n) is 20.5. The molecular formula is C29H33BrN2O3. The third-order valence-corrected chi connectivity index (χ3v) is 6.04. The van der Waals surface area contributed by atoms with Gasteiger partial charge in [-0.05, 0) is 53.8 Å². The van der Waals surface area contributed by atoms with E-state index in [0.29, 0.717) is 31.2 Å². The van der Waals surface area contributed by atoms with Crippen LogP contribution in [0.15, 0.2) is 83.3 Å². The minimum absolute atomic E-state index is 0.153. The van der Waals surface area contributed by atoms with E-state index in [1.54, 1.807) is 4.90 Å². The van der Waals surface area contributed by atoms with Crippen molar-refractivity contribution >= 4 is 27.7 Å². The Morgan fingerprint density at radius 3 is 2.34 bits per heavy atom. The smallest absolute Gasteiger partial charge is 0.261 e. The van der Waals surface area contributed by atoms with Crippen LogP contribution in [0.2, 0.25) is 0 Å². The SMILES string of the molecule is Cc1cccc(OCC(=O)N(Cc2cccc(Br)c2)[C@H](Cc2ccccc2)C(=O)NCC(C)C)c1. The summed E-state index contributed by atoms with van der Waals surface area (Å²) in [5.74, 6) is 0.522. The van der Waals surface area contributed by atoms with Gasteiger partial charge in [0.1, 0.15) is 11.8 Å². The Kier molecular flexibility index (Phi) is 9.91. The number of rotatable bonds is 11. The van der Waals surface area contributed by atoms with E-state index in [0.717, 1.165) is 21.2 Å². The molecular weight excluding hydrogens is 504 g/mol. The van der Waals surface area contributed by atoms with E-state index >= 15 is 0 Å². The molecule has 3 rings (SSSR count). The summed E-state index contributed by atoms with van der Waals surface area (Å²) in [6.45, 7) is 6.76. The number of aryl methyl sites for hydroxylation is 1. The first kappa shape index (κ1) is 26.5. The Bertz CT molecular complexity index is 1120. The molecule has 0 heterocycles. The second-order valence-electron chi connectivity index (χ2n) is 9.10. The number of hydrogen-bond acceptors (Lipinski definition) is 3. The van der Waals surface area contributed by atoms with Crippen molar-refractivity contribution in [1.82, 2.24) is 10.2 Å². The maximum absolute atomic E-state index is 13.6. The van der Waals surface area contributed by atoms with Crippen molar-refractivity contribution in [3.8, 4) is 5.75 Å². The lowest BCUT2D eigenvalue weighted by Gasteiger charge is -2.31. The highest BCUT2D eigenvalue weighted by Crippen LogP contribution is 2.19. The number of carbonyl (C=O) groups excluding carboxylic acids is 2. The number of halogens is 1. The van der Waals surface area contributed by atoms with Crippen LogP contribution in [0, 0.1) is 12.8 Å². The number of nitrogens with one attached hydrogen (secondary N) is 1. The van der Waals surface area contributed by atoms with Gasteiger partial charge < -0.3 is 15.0 Å². The molecule has 0 radical (unpaired) electrons. The number of benzene rings is 3. The van der Waals surface area contributed by atoms with E-state index in [-0.39, 0.29) is 18.4 Å². The van der Waals surface area contributed by atoms with Crippen molar-refractivity contribution in [2.45, 2.75) is 39.8 Å². The summed E-state index contributed by atoms with van der Waals surface area (Å²) in [4.78, 5) is 28.6. The van der Waals surface area contributed by atoms with Crippen LogP contribution in [-0.2, 0) is 22.6 Å². The molecule has 5 nitrogen and oxygen atoms in total. The van der Waals surface area contributed by atoms with Crippen LogP contribution in [0.5, 0.6) is 5.75 Å². The van der Waals surface area contributed by atoms with Crippen LogP contribution in [0.25, 0.3) is 0 Å². The van der Waals surface area contributed by atoms with Crippen LogP contribution in [-0.4, -0.2) is 35.9 Å². The van der Waals surface area contributed by atoms with E-state index in [1.165, 1.54) is 0 Å². The van der Waals surface area contributed by atoms with Crippen LogP contribution in [0.4, 0.5) is 0 Å². The number of carbonyl (C=O) groups is 2. The molecule has 0 saturated heterocycles. The zero-order chi connectivity index (χ0) is 25.2. The molecule has 0 aliphatic rings. The molecule has 2 amide bonds. The van der Waals surface area contributed by atoms with Crippen LogP contribution in [0.1, 0.15) is 30.5 Å². The molecule has 0 aliphatic carbocycles. The maximum atomic E-state index is 13.6. The first-order chi connectivity index (χ1) is 16.8. The van der Waals surface area contributed by atoms with Crippen molar-refractivity contribution in [2.75, 3.05) is 13.2 Å². The molecule has 1 atom stereocenters. The number of nitrogens with zero attached hydrogens (tertiary/aromatic N) is 1. The molecule has 6 heteroatoms. The second-order valence-corrected chi connectivity index (χ2v) is 10.0. The average Bonchev–Trinajstić information content (AvgIpc) is 2.84. The lowest BCUT2D eigenvalue weighted by Crippen LogP contribution is -2.52. The summed E-state index contributed by atoms with van der Waals surface area (Å²) in [6.07, 6.45) is 0.412. The van der Waals surface area contributed by atoms with Crippen molar-refractivity contribution in [1.29, 1.82) is 0 Å². The Balaban J connectivity index is 1.90. The summed E-state index contributed by atoms with van der Waals surface area (Å²) in [6, 6.07) is 24.5. The van der Waals surface area contributed by atoms with E-state index < -0.39 is 6.04 Å². The van der Waals surface area contributed by atoms with Crippen molar-refractivity contribution in [3.63, 3.8) is 0 Å². The summed E-state index contributed by atoms with van der Waals surface area (Å²) in [7, 11) is 0. The number of amides is 2. The van der Waals surface area contributed by atoms with E-state index in [1.807, 2.05) is 99.6 Å². The lowest BCUT2D eigenvalue weighted by molar-refractivity contribution is -0.142. The van der Waals surface area contributed by atoms with Gasteiger partial charge in [0.05, 0.1) is 0 Å². The highest BCUT2D eigenvalue weighted by atomic mass is 79.9. The standard InChI is InChI=1S/C29H33BrN2O3/c1-21(2)18-31-29(34)27(17-23-10-5-4-6-11-23)32(19-24-12-8-13-25(30)16-24)28(33)20-35-26-14-7-9-22(3)15-26/h4-16,21,27H,17-20H2,1-3H3,(H,31,34)/t27-/m1/s1. The summed E-state index contributed by atoms with van der Waals surface area (Å²) < 4.78 is 6.76. The van der Waals surface area contributed by atoms with Gasteiger partial charge in [-0.3, -0.25) is 9.59 Å². The quantitative estimate of drug-likeness (QED) is 0.349. The molecule has 3 aromatic rings. The van der Waals surface area contributed by atoms with Gasteiger partial charge in [0.15, 0.2) is 6.61 Å². The molecule has 0 bridgehead atoms. The van der Waals surface area contributed by atoms with Crippen LogP contribution >= 0.6 is 15.9 Å². The predicted octanol–water partition coefficient (Wildman–Crippen LogP) is 5.55. The minimum Gasteiger partial charge on any atom is -0.484 e. The summed E-state index contributed by atoms with van der Waals surface area (Å²) in [5, 5.41) is 3.03. The minimum atomic E-state index is -0.677. The Morgan fingerprint density at radius 1 is 0.943 bits per heavy atom. The van der Waals surface area contributed by atoms with Gasteiger partial charge in [-0.25, -0.2) is 0 Å². The van der Waals surface area contributed by atoms with E-state index in [4.69, 9.17) is 4.74 Å². The van der Waals surface area contributed by atoms with Gasteiger partial charge in [0.25, 0.3) is 5.91 Å². The molecule has 0 saturated carbocycles. The summed E-state index contributed by atoms with van der Waals surface area (Å²) >= 11 is 3.51. The van der Waals surface area contributed by atoms with Gasteiger partial charge in [-0.15, -0.1) is 0 Å². The lowest BCUT2D eigenvalue weighted by atomic mass is 10.0. The fourth-order valence-electron chi connectivity index (χ4n) is 3.74. The molecule has 3 aromatic carbocycles. The molecule has 0 aromatic heterocycles. The molecule has 0 unspecified atom stereocenters. The first-order valence-corrected chi connectivity index (χ1v) is 12.7. The Labute approximate surface area is 216 Å². The molecule has 35 heavy (non-hydrogen) atoms. The maximum Gasteiger partial charge on any atom is 0.261 e. The first-order valence-electron chi connectivity index (χ1n) is 11.9. The van der Waals surface area contributed by atoms with Crippen molar-refractivity contribution in [3.05, 3.63) is 100 Å². The monoisotopic (exact) mass is 536 g/mol. The number of hydrogen-bond donors (Lipinski definition) is 1. The summed E-state index contributed by atoms with van der Waals surface area (Å²) in [5.41, 5.74) is 2.97. The molecule has 184 valence electrons. The second kappa shape index (κ2) is 13.1. The highest BCUT2D eigenvalue weighted by Gasteiger charge is 2.30. The van der Waals surface area contributed by atoms with Crippen molar-refractivity contribution < 1.29 is 14.3 Å². The van der Waals surface area contributed by atoms with Gasteiger partial charge in [0.2, 0.25) is 5.91 Å². The van der Waals surface area contributed by atoms with E-state index in [2.05, 4.69) is 21.2 Å². The third-order valence-electron chi connectivity index (χ3n) is 5.55. The van der Waals surface area contributed by atoms with Crippen molar-refractivity contribution in [2.24, 2.45) is 5.92 Å². The Hall–Kier alpha value is -3.12. The topological polar surface area (TPSA) is 58.6 Å². The number of ether oxygens (including phenoxy) is 1. The van der Waals surface area contributed by atoms with Crippen LogP contribution < -0.4 is 10.1 Å². The van der Waals surface area contributed by atoms with Gasteiger partial charge in [0, 0.05) is 24.0 Å². The third kappa shape index (κ3) is 8.55. The molecule has 1 N–H and O–H groups in total. The van der Waals surface area contributed by atoms with E-state index in [9.17, 15) is 9.59 Å². The highest BCUT2D eigenvalue weighted by molar-refractivity contribution is 9.10. The van der Waals surface area contributed by atoms with Crippen LogP contribution in [0.3, 0.4) is 0 Å². The van der Waals surface area contributed by atoms with Gasteiger partial charge in [-0.1, -0.05) is 84.4 Å². The van der Waals surface area contributed by atoms with Gasteiger partial charge in [-0.2, -0.15) is 0 Å². The predicted molar refractivity (Wildman–Crippen MR) is 143 cm³/mol. The molecule has 0 fully saturated rings. The fourth-order valence-corrected chi connectivity index (χ4v) is 4.19. The average molecular weight is 537 g/mol. The molecule has 0 aliphatic heterocycles. The molecule has 0 spiro atoms. The fraction of sp³-hybridized carbons (Fsp3) is 0.310. The Morgan fingerprint density at radius 2 is 1.66 bits per heavy atom.